The molecule has 7 heteroatoms. The summed E-state index contributed by atoms with van der Waals surface area (Å²) in [5.74, 6) is -0.821. The Hall–Kier alpha value is -2.70. The Morgan fingerprint density at radius 1 is 1.55 bits per heavy atom. The summed E-state index contributed by atoms with van der Waals surface area (Å²) in [4.78, 5) is 25.8. The summed E-state index contributed by atoms with van der Waals surface area (Å²) in [6.45, 7) is 5.05. The molecule has 0 aliphatic heterocycles. The highest BCUT2D eigenvalue weighted by molar-refractivity contribution is 6.22. The Kier molecular flexibility index (Phi) is 5.40. The van der Waals surface area contributed by atoms with Crippen LogP contribution in [-0.2, 0) is 4.79 Å². The van der Waals surface area contributed by atoms with Crippen molar-refractivity contribution in [1.29, 1.82) is 0 Å². The number of hydrogen-bond donors (Lipinski definition) is 2. The predicted molar refractivity (Wildman–Crippen MR) is 73.9 cm³/mol. The summed E-state index contributed by atoms with van der Waals surface area (Å²) in [6.07, 6.45) is 4.03. The van der Waals surface area contributed by atoms with Crippen molar-refractivity contribution in [3.63, 3.8) is 0 Å². The Balaban J connectivity index is 3.15. The molecule has 0 fully saturated rings. The van der Waals surface area contributed by atoms with E-state index in [4.69, 9.17) is 9.84 Å². The van der Waals surface area contributed by atoms with Crippen LogP contribution >= 0.6 is 0 Å². The smallest absolute Gasteiger partial charge is 0.346 e. The zero-order chi connectivity index (χ0) is 15.1. The lowest BCUT2D eigenvalue weighted by Gasteiger charge is -2.07. The number of aromatic nitrogens is 2. The molecule has 0 saturated carbocycles. The molecule has 0 radical (unpaired) electrons. The fourth-order valence-electron chi connectivity index (χ4n) is 1.27. The van der Waals surface area contributed by atoms with Gasteiger partial charge in [0.2, 0.25) is 0 Å². The SMILES string of the molecule is C/C=C\C(Oc1cc(C)n[nH]c1=O)=C(\C)N=CC(=O)O. The van der Waals surface area contributed by atoms with Crippen molar-refractivity contribution in [1.82, 2.24) is 10.2 Å². The predicted octanol–water partition coefficient (Wildman–Crippen LogP) is 1.42. The molecule has 0 aliphatic rings. The lowest BCUT2D eigenvalue weighted by atomic mass is 10.3. The van der Waals surface area contributed by atoms with E-state index in [1.54, 1.807) is 32.9 Å². The second-order valence-electron chi connectivity index (χ2n) is 3.85. The van der Waals surface area contributed by atoms with E-state index in [1.807, 2.05) is 0 Å². The third-order valence-electron chi connectivity index (χ3n) is 2.16. The number of aryl methyl sites for hydroxylation is 1. The van der Waals surface area contributed by atoms with Gasteiger partial charge in [0.05, 0.1) is 11.4 Å². The van der Waals surface area contributed by atoms with Gasteiger partial charge in [-0.2, -0.15) is 5.10 Å². The van der Waals surface area contributed by atoms with Gasteiger partial charge in [-0.25, -0.2) is 9.89 Å². The quantitative estimate of drug-likeness (QED) is 0.481. The first kappa shape index (κ1) is 15.4. The lowest BCUT2D eigenvalue weighted by Crippen LogP contribution is -2.13. The lowest BCUT2D eigenvalue weighted by molar-refractivity contribution is -0.128. The second kappa shape index (κ2) is 7.03. The van der Waals surface area contributed by atoms with Crippen molar-refractivity contribution >= 4 is 12.2 Å². The fourth-order valence-corrected chi connectivity index (χ4v) is 1.27. The number of allylic oxidation sites excluding steroid dienone is 3. The molecule has 1 heterocycles. The van der Waals surface area contributed by atoms with Crippen molar-refractivity contribution < 1.29 is 14.6 Å². The van der Waals surface area contributed by atoms with E-state index in [9.17, 15) is 9.59 Å². The van der Waals surface area contributed by atoms with E-state index in [0.717, 1.165) is 6.21 Å². The largest absolute Gasteiger partial charge is 0.477 e. The number of nitrogens with one attached hydrogen (secondary N) is 1. The maximum Gasteiger partial charge on any atom is 0.346 e. The maximum absolute atomic E-state index is 11.6. The molecular formula is C13H15N3O4. The van der Waals surface area contributed by atoms with Crippen molar-refractivity contribution in [2.45, 2.75) is 20.8 Å². The zero-order valence-electron chi connectivity index (χ0n) is 11.4. The number of H-pyrrole nitrogens is 1. The van der Waals surface area contributed by atoms with Gasteiger partial charge < -0.3 is 9.84 Å². The summed E-state index contributed by atoms with van der Waals surface area (Å²) in [5.41, 5.74) is 0.443. The molecule has 0 spiro atoms. The normalized spacial score (nSPS) is 12.8. The van der Waals surface area contributed by atoms with Crippen LogP contribution in [0, 0.1) is 6.92 Å². The first-order valence-electron chi connectivity index (χ1n) is 5.78. The molecule has 7 nitrogen and oxygen atoms in total. The highest BCUT2D eigenvalue weighted by atomic mass is 16.5. The van der Waals surface area contributed by atoms with Gasteiger partial charge in [-0.05, 0) is 26.8 Å². The minimum absolute atomic E-state index is 0.0653. The van der Waals surface area contributed by atoms with Gasteiger partial charge in [0.1, 0.15) is 12.0 Å². The van der Waals surface area contributed by atoms with Crippen molar-refractivity contribution in [3.8, 4) is 5.75 Å². The highest BCUT2D eigenvalue weighted by Gasteiger charge is 2.07. The van der Waals surface area contributed by atoms with Gasteiger partial charge >= 0.3 is 11.5 Å². The molecule has 0 amide bonds. The summed E-state index contributed by atoms with van der Waals surface area (Å²) in [6, 6.07) is 1.48. The van der Waals surface area contributed by atoms with E-state index in [1.165, 1.54) is 6.07 Å². The van der Waals surface area contributed by atoms with E-state index >= 15 is 0 Å². The Bertz CT molecular complexity index is 641. The fraction of sp³-hybridized carbons (Fsp3) is 0.231. The molecule has 0 bridgehead atoms. The molecular weight excluding hydrogens is 262 g/mol. The van der Waals surface area contributed by atoms with Gasteiger partial charge in [-0.15, -0.1) is 0 Å². The van der Waals surface area contributed by atoms with E-state index < -0.39 is 11.5 Å². The van der Waals surface area contributed by atoms with Gasteiger partial charge in [0.15, 0.2) is 5.75 Å². The van der Waals surface area contributed by atoms with Crippen LogP contribution in [-0.4, -0.2) is 27.5 Å². The molecule has 20 heavy (non-hydrogen) atoms. The number of carbonyl (C=O) groups is 1. The van der Waals surface area contributed by atoms with Gasteiger partial charge in [0.25, 0.3) is 0 Å². The molecule has 0 atom stereocenters. The standard InChI is InChI=1S/C13H15N3O4/c1-4-5-10(9(3)14-7-12(17)18)20-11-6-8(2)15-16-13(11)19/h4-7H,1-3H3,(H,16,19)(H,17,18)/b5-4-,10-9+,14-7?. The molecule has 0 unspecified atom stereocenters. The molecule has 1 aromatic heterocycles. The average Bonchev–Trinajstić information content (AvgIpc) is 2.39. The third-order valence-corrected chi connectivity index (χ3v) is 2.16. The first-order chi connectivity index (χ1) is 9.43. The molecule has 2 N–H and O–H groups in total. The zero-order valence-corrected chi connectivity index (χ0v) is 11.4. The Morgan fingerprint density at radius 3 is 2.85 bits per heavy atom. The molecule has 0 aliphatic carbocycles. The Labute approximate surface area is 115 Å². The number of aliphatic imine (C=N–C) groups is 1. The van der Waals surface area contributed by atoms with Crippen LogP contribution in [0.3, 0.4) is 0 Å². The number of carboxylic acid groups (broad SMARTS) is 1. The van der Waals surface area contributed by atoms with E-state index in [2.05, 4.69) is 15.2 Å². The minimum atomic E-state index is -1.17. The number of nitrogens with zero attached hydrogens (tertiary/aromatic N) is 2. The minimum Gasteiger partial charge on any atom is -0.477 e. The number of hydrogen-bond acceptors (Lipinski definition) is 5. The topological polar surface area (TPSA) is 105 Å². The van der Waals surface area contributed by atoms with Crippen molar-refractivity contribution in [2.24, 2.45) is 4.99 Å². The number of aromatic amines is 1. The van der Waals surface area contributed by atoms with E-state index in [0.29, 0.717) is 11.4 Å². The first-order valence-corrected chi connectivity index (χ1v) is 5.78. The monoisotopic (exact) mass is 277 g/mol. The number of rotatable bonds is 5. The van der Waals surface area contributed by atoms with Gasteiger partial charge in [-0.1, -0.05) is 6.08 Å². The van der Waals surface area contributed by atoms with Crippen molar-refractivity contribution in [3.05, 3.63) is 45.7 Å². The Morgan fingerprint density at radius 2 is 2.25 bits per heavy atom. The summed E-state index contributed by atoms with van der Waals surface area (Å²) < 4.78 is 5.46. The van der Waals surface area contributed by atoms with Gasteiger partial charge in [0, 0.05) is 6.07 Å². The van der Waals surface area contributed by atoms with Crippen LogP contribution < -0.4 is 10.3 Å². The molecule has 106 valence electrons. The van der Waals surface area contributed by atoms with Crippen LogP contribution in [0.4, 0.5) is 0 Å². The van der Waals surface area contributed by atoms with Crippen LogP contribution in [0.1, 0.15) is 19.5 Å². The second-order valence-corrected chi connectivity index (χ2v) is 3.85. The van der Waals surface area contributed by atoms with Crippen LogP contribution in [0.25, 0.3) is 0 Å². The molecule has 0 saturated heterocycles. The molecule has 1 rings (SSSR count). The number of ether oxygens (including phenoxy) is 1. The molecule has 1 aromatic rings. The summed E-state index contributed by atoms with van der Waals surface area (Å²) in [7, 11) is 0. The van der Waals surface area contributed by atoms with E-state index in [-0.39, 0.29) is 11.5 Å². The van der Waals surface area contributed by atoms with Crippen molar-refractivity contribution in [2.75, 3.05) is 0 Å². The summed E-state index contributed by atoms with van der Waals surface area (Å²) >= 11 is 0. The average molecular weight is 277 g/mol. The van der Waals surface area contributed by atoms with Crippen LogP contribution in [0.5, 0.6) is 5.75 Å². The highest BCUT2D eigenvalue weighted by Crippen LogP contribution is 2.13. The maximum atomic E-state index is 11.6. The molecule has 0 aromatic carbocycles. The third kappa shape index (κ3) is 4.52. The van der Waals surface area contributed by atoms with Gasteiger partial charge in [-0.3, -0.25) is 9.79 Å². The number of aliphatic carboxylic acids is 1. The van der Waals surface area contributed by atoms with Crippen LogP contribution in [0.15, 0.2) is 39.5 Å². The number of carboxylic acids is 1. The van der Waals surface area contributed by atoms with Crippen LogP contribution in [0.2, 0.25) is 0 Å². The summed E-state index contributed by atoms with van der Waals surface area (Å²) in [5, 5.41) is 14.6.